The molecule has 3 rings (SSSR count). The molecule has 25 heavy (non-hydrogen) atoms. The van der Waals surface area contributed by atoms with E-state index in [1.165, 1.54) is 19.2 Å². The molecule has 3 aromatic carbocycles. The first-order chi connectivity index (χ1) is 11.9. The van der Waals surface area contributed by atoms with E-state index in [0.717, 1.165) is 22.9 Å². The molecule has 0 aliphatic rings. The van der Waals surface area contributed by atoms with Gasteiger partial charge in [-0.15, -0.1) is 0 Å². The van der Waals surface area contributed by atoms with Crippen LogP contribution in [0.25, 0.3) is 10.8 Å². The van der Waals surface area contributed by atoms with Gasteiger partial charge in [0.1, 0.15) is 11.5 Å². The fraction of sp³-hybridized carbons (Fsp3) is 0.0588. The molecule has 0 amide bonds. The van der Waals surface area contributed by atoms with Crippen molar-refractivity contribution in [1.29, 1.82) is 0 Å². The molecule has 0 spiro atoms. The second-order valence-electron chi connectivity index (χ2n) is 5.14. The van der Waals surface area contributed by atoms with Crippen LogP contribution in [0.2, 0.25) is 0 Å². The van der Waals surface area contributed by atoms with Gasteiger partial charge in [0.2, 0.25) is 0 Å². The summed E-state index contributed by atoms with van der Waals surface area (Å²) in [5.41, 5.74) is -0.611. The molecule has 8 heteroatoms. The Morgan fingerprint density at radius 3 is 2.28 bits per heavy atom. The van der Waals surface area contributed by atoms with Crippen LogP contribution in [-0.2, 0) is 10.1 Å². The number of ether oxygens (including phenoxy) is 1. The van der Waals surface area contributed by atoms with Gasteiger partial charge in [-0.25, -0.2) is 0 Å². The Morgan fingerprint density at radius 1 is 0.920 bits per heavy atom. The van der Waals surface area contributed by atoms with Crippen LogP contribution in [-0.4, -0.2) is 20.5 Å². The van der Waals surface area contributed by atoms with Gasteiger partial charge in [-0.2, -0.15) is 8.42 Å². The molecule has 0 unspecified atom stereocenters. The minimum Gasteiger partial charge on any atom is -0.497 e. The van der Waals surface area contributed by atoms with Crippen molar-refractivity contribution in [3.05, 3.63) is 70.8 Å². The van der Waals surface area contributed by atoms with Gasteiger partial charge in [0.25, 0.3) is 5.69 Å². The lowest BCUT2D eigenvalue weighted by Crippen LogP contribution is -2.12. The molecule has 7 nitrogen and oxygen atoms in total. The number of nitrogens with zero attached hydrogens (tertiary/aromatic N) is 1. The van der Waals surface area contributed by atoms with E-state index < -0.39 is 25.6 Å². The third kappa shape index (κ3) is 3.38. The lowest BCUT2D eigenvalue weighted by Gasteiger charge is -2.09. The summed E-state index contributed by atoms with van der Waals surface area (Å²) in [7, 11) is -3.05. The number of nitro benzene ring substituents is 1. The Morgan fingerprint density at radius 2 is 1.60 bits per heavy atom. The van der Waals surface area contributed by atoms with E-state index in [0.29, 0.717) is 0 Å². The average molecular weight is 359 g/mol. The summed E-state index contributed by atoms with van der Waals surface area (Å²) >= 11 is 0. The predicted octanol–water partition coefficient (Wildman–Crippen LogP) is 3.52. The molecule has 0 bridgehead atoms. The zero-order valence-corrected chi connectivity index (χ0v) is 13.9. The van der Waals surface area contributed by atoms with Crippen LogP contribution >= 0.6 is 0 Å². The zero-order valence-electron chi connectivity index (χ0n) is 13.1. The van der Waals surface area contributed by atoms with Crippen LogP contribution in [0.5, 0.6) is 11.5 Å². The third-order valence-corrected chi connectivity index (χ3v) is 4.85. The molecule has 0 aliphatic carbocycles. The monoisotopic (exact) mass is 359 g/mol. The Bertz CT molecular complexity index is 1060. The van der Waals surface area contributed by atoms with Crippen LogP contribution in [0.1, 0.15) is 0 Å². The lowest BCUT2D eigenvalue weighted by atomic mass is 10.1. The topological polar surface area (TPSA) is 95.7 Å². The summed E-state index contributed by atoms with van der Waals surface area (Å²) in [5.74, 6) is 0.250. The van der Waals surface area contributed by atoms with E-state index in [1.54, 1.807) is 12.1 Å². The minimum atomic E-state index is -4.38. The Kier molecular flexibility index (Phi) is 4.28. The lowest BCUT2D eigenvalue weighted by molar-refractivity contribution is -0.388. The smallest absolute Gasteiger partial charge is 0.346 e. The second kappa shape index (κ2) is 6.40. The first-order valence-electron chi connectivity index (χ1n) is 7.16. The van der Waals surface area contributed by atoms with Gasteiger partial charge in [0, 0.05) is 0 Å². The van der Waals surface area contributed by atoms with Crippen molar-refractivity contribution in [3.8, 4) is 11.5 Å². The Labute approximate surface area is 143 Å². The maximum Gasteiger partial charge on any atom is 0.346 e. The number of nitro groups is 1. The molecule has 0 fully saturated rings. The summed E-state index contributed by atoms with van der Waals surface area (Å²) in [4.78, 5) is 9.87. The van der Waals surface area contributed by atoms with Crippen molar-refractivity contribution >= 4 is 26.6 Å². The molecular formula is C17H13NO6S. The molecule has 128 valence electrons. The second-order valence-corrected chi connectivity index (χ2v) is 6.65. The SMILES string of the molecule is COc1ccc(S(=O)(=O)Oc2ccc3ccccc3c2)c([N+](=O)[O-])c1. The van der Waals surface area contributed by atoms with Gasteiger partial charge in [-0.3, -0.25) is 10.1 Å². The summed E-state index contributed by atoms with van der Waals surface area (Å²) in [5, 5.41) is 12.9. The number of hydrogen-bond donors (Lipinski definition) is 0. The van der Waals surface area contributed by atoms with Crippen LogP contribution < -0.4 is 8.92 Å². The summed E-state index contributed by atoms with van der Waals surface area (Å²) in [6.07, 6.45) is 0. The quantitative estimate of drug-likeness (QED) is 0.393. The minimum absolute atomic E-state index is 0.0730. The van der Waals surface area contributed by atoms with Crippen LogP contribution in [0, 0.1) is 10.1 Å². The van der Waals surface area contributed by atoms with E-state index in [9.17, 15) is 18.5 Å². The van der Waals surface area contributed by atoms with Crippen molar-refractivity contribution in [2.75, 3.05) is 7.11 Å². The molecule has 0 radical (unpaired) electrons. The highest BCUT2D eigenvalue weighted by atomic mass is 32.2. The normalized spacial score (nSPS) is 11.2. The maximum absolute atomic E-state index is 12.5. The van der Waals surface area contributed by atoms with Crippen LogP contribution in [0.15, 0.2) is 65.6 Å². The van der Waals surface area contributed by atoms with Crippen molar-refractivity contribution in [1.82, 2.24) is 0 Å². The van der Waals surface area contributed by atoms with Gasteiger partial charge in [0.15, 0.2) is 4.90 Å². The van der Waals surface area contributed by atoms with E-state index in [1.807, 2.05) is 24.3 Å². The number of methoxy groups -OCH3 is 1. The predicted molar refractivity (Wildman–Crippen MR) is 91.4 cm³/mol. The first-order valence-corrected chi connectivity index (χ1v) is 8.57. The first kappa shape index (κ1) is 16.7. The Balaban J connectivity index is 2.02. The molecule has 0 N–H and O–H groups in total. The number of benzene rings is 3. The number of rotatable bonds is 5. The maximum atomic E-state index is 12.5. The Hall–Kier alpha value is -3.13. The fourth-order valence-corrected chi connectivity index (χ4v) is 3.44. The van der Waals surface area contributed by atoms with Gasteiger partial charge >= 0.3 is 10.1 Å². The highest BCUT2D eigenvalue weighted by molar-refractivity contribution is 7.87. The van der Waals surface area contributed by atoms with Gasteiger partial charge in [-0.1, -0.05) is 30.3 Å². The third-order valence-electron chi connectivity index (χ3n) is 3.56. The van der Waals surface area contributed by atoms with E-state index in [4.69, 9.17) is 8.92 Å². The molecule has 0 heterocycles. The molecule has 3 aromatic rings. The van der Waals surface area contributed by atoms with Gasteiger partial charge in [0.05, 0.1) is 18.1 Å². The number of fused-ring (bicyclic) bond motifs is 1. The van der Waals surface area contributed by atoms with Crippen molar-refractivity contribution in [2.45, 2.75) is 4.90 Å². The summed E-state index contributed by atoms with van der Waals surface area (Å²) in [6.45, 7) is 0. The van der Waals surface area contributed by atoms with Crippen molar-refractivity contribution < 1.29 is 22.3 Å². The van der Waals surface area contributed by atoms with Crippen molar-refractivity contribution in [3.63, 3.8) is 0 Å². The standard InChI is InChI=1S/C17H13NO6S/c1-23-14-8-9-17(16(11-14)18(19)20)25(21,22)24-15-7-6-12-4-2-3-5-13(12)10-15/h2-11H,1H3. The van der Waals surface area contributed by atoms with Crippen LogP contribution in [0.3, 0.4) is 0 Å². The number of hydrogen-bond acceptors (Lipinski definition) is 6. The molecule has 0 aliphatic heterocycles. The van der Waals surface area contributed by atoms with E-state index in [-0.39, 0.29) is 11.5 Å². The average Bonchev–Trinajstić information content (AvgIpc) is 2.60. The van der Waals surface area contributed by atoms with E-state index >= 15 is 0 Å². The summed E-state index contributed by atoms with van der Waals surface area (Å²) < 4.78 is 35.0. The van der Waals surface area contributed by atoms with Gasteiger partial charge < -0.3 is 8.92 Å². The highest BCUT2D eigenvalue weighted by Crippen LogP contribution is 2.31. The largest absolute Gasteiger partial charge is 0.497 e. The highest BCUT2D eigenvalue weighted by Gasteiger charge is 2.28. The molecule has 0 saturated carbocycles. The van der Waals surface area contributed by atoms with Gasteiger partial charge in [-0.05, 0) is 35.0 Å². The summed E-state index contributed by atoms with van der Waals surface area (Å²) in [6, 6.07) is 15.6. The van der Waals surface area contributed by atoms with Crippen LogP contribution in [0.4, 0.5) is 5.69 Å². The van der Waals surface area contributed by atoms with Crippen molar-refractivity contribution in [2.24, 2.45) is 0 Å². The molecule has 0 saturated heterocycles. The van der Waals surface area contributed by atoms with E-state index in [2.05, 4.69) is 0 Å². The zero-order chi connectivity index (χ0) is 18.0. The molecule has 0 atom stereocenters. The fourth-order valence-electron chi connectivity index (χ4n) is 2.37. The molecule has 0 aromatic heterocycles. The molecular weight excluding hydrogens is 346 g/mol.